The number of benzene rings is 3. The first-order valence-electron chi connectivity index (χ1n) is 14.3. The molecule has 1 unspecified atom stereocenters. The summed E-state index contributed by atoms with van der Waals surface area (Å²) in [6, 6.07) is 20.5. The van der Waals surface area contributed by atoms with Crippen LogP contribution < -0.4 is 5.56 Å². The van der Waals surface area contributed by atoms with Crippen LogP contribution >= 0.6 is 11.8 Å². The maximum Gasteiger partial charge on any atom is 0.277 e. The molecule has 5 rings (SSSR count). The van der Waals surface area contributed by atoms with Gasteiger partial charge in [-0.15, -0.1) is 0 Å². The van der Waals surface area contributed by atoms with Gasteiger partial charge in [-0.05, 0) is 58.5 Å². The molecule has 5 aromatic rings. The normalized spacial score (nSPS) is 11.8. The second-order valence-electron chi connectivity index (χ2n) is 10.7. The quantitative estimate of drug-likeness (QED) is 0.124. The van der Waals surface area contributed by atoms with E-state index >= 15 is 0 Å². The van der Waals surface area contributed by atoms with Crippen LogP contribution in [0.5, 0.6) is 0 Å². The number of carbonyl (C=O) groups is 1. The smallest absolute Gasteiger partial charge is 0.277 e. The van der Waals surface area contributed by atoms with Crippen LogP contribution in [0, 0.1) is 11.6 Å². The van der Waals surface area contributed by atoms with Crippen molar-refractivity contribution in [3.8, 4) is 11.1 Å². The highest BCUT2D eigenvalue weighted by molar-refractivity contribution is 7.98. The van der Waals surface area contributed by atoms with Crippen LogP contribution in [0.15, 0.2) is 101 Å². The number of nitrogens with zero attached hydrogens (tertiary/aromatic N) is 4. The SMILES string of the molecule is CC(c1cn[nH]c1)c1cn(CCCC(=O)N(C)Cc2ccc(-c3ccc(F)cc3)cc2)c(SCc2ccc(F)cc2)nc1=O. The zero-order chi connectivity index (χ0) is 31.1. The van der Waals surface area contributed by atoms with Crippen molar-refractivity contribution in [2.24, 2.45) is 0 Å². The van der Waals surface area contributed by atoms with Crippen molar-refractivity contribution in [2.45, 2.75) is 49.7 Å². The molecule has 0 aliphatic heterocycles. The molecule has 44 heavy (non-hydrogen) atoms. The first kappa shape index (κ1) is 30.9. The molecular formula is C34H33F2N5O2S. The third-order valence-corrected chi connectivity index (χ3v) is 8.58. The number of halogens is 2. The van der Waals surface area contributed by atoms with Gasteiger partial charge in [-0.1, -0.05) is 67.2 Å². The number of nitrogens with one attached hydrogen (secondary N) is 1. The number of rotatable bonds is 12. The molecule has 0 aliphatic rings. The number of carbonyl (C=O) groups excluding carboxylic acids is 1. The molecule has 0 spiro atoms. The molecule has 1 N–H and O–H groups in total. The fourth-order valence-electron chi connectivity index (χ4n) is 4.87. The topological polar surface area (TPSA) is 83.9 Å². The summed E-state index contributed by atoms with van der Waals surface area (Å²) in [5.41, 5.74) is 4.93. The monoisotopic (exact) mass is 613 g/mol. The predicted molar refractivity (Wildman–Crippen MR) is 168 cm³/mol. The number of hydrogen-bond acceptors (Lipinski definition) is 5. The van der Waals surface area contributed by atoms with Crippen molar-refractivity contribution in [1.29, 1.82) is 0 Å². The Hall–Kier alpha value is -4.57. The van der Waals surface area contributed by atoms with Crippen molar-refractivity contribution in [2.75, 3.05) is 7.05 Å². The van der Waals surface area contributed by atoms with E-state index in [1.807, 2.05) is 42.0 Å². The van der Waals surface area contributed by atoms with E-state index in [1.54, 1.807) is 48.6 Å². The Morgan fingerprint density at radius 3 is 2.20 bits per heavy atom. The highest BCUT2D eigenvalue weighted by Crippen LogP contribution is 2.25. The summed E-state index contributed by atoms with van der Waals surface area (Å²) in [5.74, 6) is -0.257. The molecule has 0 aliphatic carbocycles. The van der Waals surface area contributed by atoms with Crippen molar-refractivity contribution >= 4 is 17.7 Å². The first-order chi connectivity index (χ1) is 21.3. The molecule has 0 bridgehead atoms. The number of aryl methyl sites for hydroxylation is 1. The molecule has 7 nitrogen and oxygen atoms in total. The van der Waals surface area contributed by atoms with Gasteiger partial charge in [0.05, 0.1) is 6.20 Å². The van der Waals surface area contributed by atoms with Gasteiger partial charge in [-0.3, -0.25) is 14.7 Å². The molecule has 1 amide bonds. The van der Waals surface area contributed by atoms with E-state index in [4.69, 9.17) is 0 Å². The number of hydrogen-bond donors (Lipinski definition) is 1. The summed E-state index contributed by atoms with van der Waals surface area (Å²) in [7, 11) is 1.78. The number of aromatic amines is 1. The predicted octanol–water partition coefficient (Wildman–Crippen LogP) is 6.79. The average molecular weight is 614 g/mol. The minimum absolute atomic E-state index is 0.00844. The Kier molecular flexibility index (Phi) is 10.0. The van der Waals surface area contributed by atoms with E-state index in [9.17, 15) is 18.4 Å². The third kappa shape index (κ3) is 7.87. The van der Waals surface area contributed by atoms with Gasteiger partial charge in [0.2, 0.25) is 5.91 Å². The molecule has 3 aromatic carbocycles. The molecule has 10 heteroatoms. The summed E-state index contributed by atoms with van der Waals surface area (Å²) < 4.78 is 28.5. The summed E-state index contributed by atoms with van der Waals surface area (Å²) in [4.78, 5) is 32.2. The molecule has 0 fully saturated rings. The lowest BCUT2D eigenvalue weighted by Gasteiger charge is -2.19. The van der Waals surface area contributed by atoms with E-state index in [-0.39, 0.29) is 29.0 Å². The van der Waals surface area contributed by atoms with Crippen molar-refractivity contribution in [1.82, 2.24) is 24.6 Å². The fraction of sp³-hybridized carbons (Fsp3) is 0.235. The second-order valence-corrected chi connectivity index (χ2v) is 11.6. The summed E-state index contributed by atoms with van der Waals surface area (Å²) >= 11 is 1.40. The van der Waals surface area contributed by atoms with Crippen LogP contribution in [0.3, 0.4) is 0 Å². The number of aromatic nitrogens is 4. The van der Waals surface area contributed by atoms with E-state index in [0.29, 0.717) is 42.4 Å². The van der Waals surface area contributed by atoms with Crippen LogP contribution in [-0.2, 0) is 23.6 Å². The Balaban J connectivity index is 1.23. The van der Waals surface area contributed by atoms with Crippen LogP contribution in [0.25, 0.3) is 11.1 Å². The third-order valence-electron chi connectivity index (χ3n) is 7.52. The van der Waals surface area contributed by atoms with Gasteiger partial charge < -0.3 is 9.47 Å². The minimum Gasteiger partial charge on any atom is -0.341 e. The lowest BCUT2D eigenvalue weighted by molar-refractivity contribution is -0.130. The van der Waals surface area contributed by atoms with Crippen LogP contribution in [0.1, 0.15) is 47.9 Å². The van der Waals surface area contributed by atoms with Gasteiger partial charge in [-0.25, -0.2) is 8.78 Å². The van der Waals surface area contributed by atoms with Crippen LogP contribution in [0.2, 0.25) is 0 Å². The number of amides is 1. The molecule has 226 valence electrons. The lowest BCUT2D eigenvalue weighted by Crippen LogP contribution is -2.26. The molecule has 0 saturated heterocycles. The minimum atomic E-state index is -0.308. The summed E-state index contributed by atoms with van der Waals surface area (Å²) in [6.45, 7) is 2.90. The van der Waals surface area contributed by atoms with Gasteiger partial charge in [0.1, 0.15) is 11.6 Å². The molecule has 2 heterocycles. The summed E-state index contributed by atoms with van der Waals surface area (Å²) in [6.07, 6.45) is 6.16. The summed E-state index contributed by atoms with van der Waals surface area (Å²) in [5, 5.41) is 7.34. The largest absolute Gasteiger partial charge is 0.341 e. The molecule has 0 radical (unpaired) electrons. The molecule has 0 saturated carbocycles. The lowest BCUT2D eigenvalue weighted by atomic mass is 9.98. The first-order valence-corrected chi connectivity index (χ1v) is 15.3. The molecule has 1 atom stereocenters. The van der Waals surface area contributed by atoms with E-state index in [0.717, 1.165) is 27.8 Å². The maximum atomic E-state index is 13.4. The number of H-pyrrole nitrogens is 1. The van der Waals surface area contributed by atoms with Gasteiger partial charge in [0.25, 0.3) is 5.56 Å². The average Bonchev–Trinajstić information content (AvgIpc) is 3.57. The Bertz CT molecular complexity index is 1740. The van der Waals surface area contributed by atoms with Gasteiger partial charge in [0, 0.05) is 56.2 Å². The van der Waals surface area contributed by atoms with E-state index in [2.05, 4.69) is 15.2 Å². The van der Waals surface area contributed by atoms with Crippen LogP contribution in [0.4, 0.5) is 8.78 Å². The molecule has 2 aromatic heterocycles. The highest BCUT2D eigenvalue weighted by Gasteiger charge is 2.18. The highest BCUT2D eigenvalue weighted by atomic mass is 32.2. The van der Waals surface area contributed by atoms with E-state index in [1.165, 1.54) is 36.0 Å². The van der Waals surface area contributed by atoms with Gasteiger partial charge in [0.15, 0.2) is 5.16 Å². The number of thioether (sulfide) groups is 1. The zero-order valence-electron chi connectivity index (χ0n) is 24.5. The second kappa shape index (κ2) is 14.3. The Morgan fingerprint density at radius 2 is 1.57 bits per heavy atom. The van der Waals surface area contributed by atoms with Gasteiger partial charge >= 0.3 is 0 Å². The maximum absolute atomic E-state index is 13.4. The van der Waals surface area contributed by atoms with Gasteiger partial charge in [-0.2, -0.15) is 10.1 Å². The Morgan fingerprint density at radius 1 is 0.955 bits per heavy atom. The zero-order valence-corrected chi connectivity index (χ0v) is 25.4. The van der Waals surface area contributed by atoms with Crippen molar-refractivity contribution in [3.63, 3.8) is 0 Å². The van der Waals surface area contributed by atoms with Crippen molar-refractivity contribution in [3.05, 3.63) is 136 Å². The Labute approximate surface area is 259 Å². The standard InChI is InChI=1S/C34H33F2N5O2S/c1-23(28-18-37-38-19-28)31-21-41(34(39-33(31)43)44-22-25-7-13-29(35)14-8-25)17-3-4-32(42)40(2)20-24-5-9-26(10-6-24)27-11-15-30(36)16-12-27/h5-16,18-19,21,23H,3-4,17,20,22H2,1-2H3,(H,37,38). The molecular weight excluding hydrogens is 580 g/mol. The van der Waals surface area contributed by atoms with Crippen molar-refractivity contribution < 1.29 is 13.6 Å². The fourth-order valence-corrected chi connectivity index (χ4v) is 5.82. The van der Waals surface area contributed by atoms with E-state index < -0.39 is 0 Å². The van der Waals surface area contributed by atoms with Crippen LogP contribution in [-0.4, -0.2) is 37.6 Å².